The van der Waals surface area contributed by atoms with Crippen LogP contribution in [0.25, 0.3) is 0 Å². The van der Waals surface area contributed by atoms with E-state index < -0.39 is 10.0 Å². The first kappa shape index (κ1) is 17.6. The smallest absolute Gasteiger partial charge is 0.240 e. The summed E-state index contributed by atoms with van der Waals surface area (Å²) in [7, 11) is -3.67. The molecule has 1 aliphatic heterocycles. The molecule has 1 N–H and O–H groups in total. The lowest BCUT2D eigenvalue weighted by Crippen LogP contribution is -2.33. The van der Waals surface area contributed by atoms with E-state index in [0.717, 1.165) is 23.4 Å². The van der Waals surface area contributed by atoms with Crippen LogP contribution < -0.4 is 9.62 Å². The summed E-state index contributed by atoms with van der Waals surface area (Å²) >= 11 is 0. The molecule has 2 aromatic rings. The normalized spacial score (nSPS) is 16.9. The van der Waals surface area contributed by atoms with Crippen molar-refractivity contribution < 1.29 is 17.7 Å². The van der Waals surface area contributed by atoms with Gasteiger partial charge in [0.05, 0.1) is 17.1 Å². The van der Waals surface area contributed by atoms with Gasteiger partial charge in [0.2, 0.25) is 15.9 Å². The first-order valence-corrected chi connectivity index (χ1v) is 9.67. The van der Waals surface area contributed by atoms with Gasteiger partial charge < -0.3 is 9.42 Å². The van der Waals surface area contributed by atoms with Crippen LogP contribution in [0.1, 0.15) is 37.8 Å². The molecule has 8 heteroatoms. The van der Waals surface area contributed by atoms with Crippen LogP contribution in [0, 0.1) is 0 Å². The molecule has 2 heterocycles. The molecular formula is C17H21N3O4S. The summed E-state index contributed by atoms with van der Waals surface area (Å²) in [5.41, 5.74) is 2.42. The van der Waals surface area contributed by atoms with Gasteiger partial charge in [-0.3, -0.25) is 4.79 Å². The highest BCUT2D eigenvalue weighted by molar-refractivity contribution is 7.89. The van der Waals surface area contributed by atoms with Crippen LogP contribution in [0.3, 0.4) is 0 Å². The fourth-order valence-corrected chi connectivity index (χ4v) is 4.15. The van der Waals surface area contributed by atoms with E-state index in [2.05, 4.69) is 9.88 Å². The predicted octanol–water partition coefficient (Wildman–Crippen LogP) is 2.01. The van der Waals surface area contributed by atoms with Gasteiger partial charge in [-0.05, 0) is 43.5 Å². The molecule has 1 atom stereocenters. The monoisotopic (exact) mass is 363 g/mol. The lowest BCUT2D eigenvalue weighted by molar-refractivity contribution is -0.116. The number of nitrogens with one attached hydrogen (secondary N) is 1. The van der Waals surface area contributed by atoms with Crippen molar-refractivity contribution in [1.29, 1.82) is 0 Å². The van der Waals surface area contributed by atoms with Crippen molar-refractivity contribution in [2.75, 3.05) is 4.90 Å². The number of fused-ring (bicyclic) bond motifs is 1. The van der Waals surface area contributed by atoms with Gasteiger partial charge in [-0.2, -0.15) is 0 Å². The number of sulfonamides is 1. The summed E-state index contributed by atoms with van der Waals surface area (Å²) in [6, 6.07) is 6.61. The second-order valence-electron chi connectivity index (χ2n) is 6.20. The third-order valence-corrected chi connectivity index (χ3v) is 5.72. The summed E-state index contributed by atoms with van der Waals surface area (Å²) in [4.78, 5) is 13.6. The van der Waals surface area contributed by atoms with E-state index in [1.807, 2.05) is 13.8 Å². The number of carbonyl (C=O) groups excluding carboxylic acids is 1. The Labute approximate surface area is 147 Å². The molecule has 1 unspecified atom stereocenters. The highest BCUT2D eigenvalue weighted by Gasteiger charge is 2.30. The van der Waals surface area contributed by atoms with Gasteiger partial charge in [-0.1, -0.05) is 12.1 Å². The molecule has 134 valence electrons. The van der Waals surface area contributed by atoms with Crippen molar-refractivity contribution in [2.45, 2.75) is 51.1 Å². The molecule has 1 aliphatic rings. The maximum absolute atomic E-state index is 12.5. The molecule has 25 heavy (non-hydrogen) atoms. The van der Waals surface area contributed by atoms with Gasteiger partial charge >= 0.3 is 0 Å². The molecule has 0 radical (unpaired) electrons. The molecule has 0 saturated heterocycles. The number of hydrogen-bond donors (Lipinski definition) is 1. The standard InChI is InChI=1S/C17H21N3O4S/c1-4-14-9-15(24-19-14)10-18-25(22,23)16-5-6-17-13(8-16)7-11(2)20(17)12(3)21/h5-6,8-9,11,18H,4,7,10H2,1-3H3. The maximum Gasteiger partial charge on any atom is 0.240 e. The summed E-state index contributed by atoms with van der Waals surface area (Å²) in [5, 5.41) is 3.84. The van der Waals surface area contributed by atoms with E-state index in [9.17, 15) is 13.2 Å². The third kappa shape index (κ3) is 3.45. The van der Waals surface area contributed by atoms with E-state index in [-0.39, 0.29) is 23.4 Å². The maximum atomic E-state index is 12.5. The van der Waals surface area contributed by atoms with Crippen LogP contribution >= 0.6 is 0 Å². The Morgan fingerprint density at radius 2 is 2.16 bits per heavy atom. The van der Waals surface area contributed by atoms with Crippen molar-refractivity contribution in [3.05, 3.63) is 41.3 Å². The van der Waals surface area contributed by atoms with Gasteiger partial charge in [0.15, 0.2) is 5.76 Å². The van der Waals surface area contributed by atoms with Crippen molar-refractivity contribution >= 4 is 21.6 Å². The van der Waals surface area contributed by atoms with Crippen molar-refractivity contribution in [3.8, 4) is 0 Å². The molecule has 0 spiro atoms. The van der Waals surface area contributed by atoms with E-state index in [0.29, 0.717) is 12.2 Å². The number of rotatable bonds is 5. The number of carbonyl (C=O) groups is 1. The number of aromatic nitrogens is 1. The average Bonchev–Trinajstić information content (AvgIpc) is 3.15. The lowest BCUT2D eigenvalue weighted by atomic mass is 10.1. The zero-order chi connectivity index (χ0) is 18.2. The second kappa shape index (κ2) is 6.61. The average molecular weight is 363 g/mol. The highest BCUT2D eigenvalue weighted by Crippen LogP contribution is 2.33. The van der Waals surface area contributed by atoms with Gasteiger partial charge in [0, 0.05) is 24.7 Å². The van der Waals surface area contributed by atoms with Crippen LogP contribution in [0.15, 0.2) is 33.7 Å². The van der Waals surface area contributed by atoms with Crippen LogP contribution in [0.5, 0.6) is 0 Å². The Bertz CT molecular complexity index is 904. The van der Waals surface area contributed by atoms with Crippen molar-refractivity contribution in [1.82, 2.24) is 9.88 Å². The fourth-order valence-electron chi connectivity index (χ4n) is 3.11. The zero-order valence-electron chi connectivity index (χ0n) is 14.4. The molecule has 3 rings (SSSR count). The minimum Gasteiger partial charge on any atom is -0.360 e. The minimum atomic E-state index is -3.67. The molecule has 0 bridgehead atoms. The van der Waals surface area contributed by atoms with Gasteiger partial charge in [0.25, 0.3) is 0 Å². The molecule has 0 saturated carbocycles. The first-order chi connectivity index (χ1) is 11.8. The fraction of sp³-hybridized carbons (Fsp3) is 0.412. The minimum absolute atomic E-state index is 0.0278. The molecule has 1 aromatic carbocycles. The number of nitrogens with zero attached hydrogens (tertiary/aromatic N) is 2. The van der Waals surface area contributed by atoms with Gasteiger partial charge in [0.1, 0.15) is 0 Å². The number of hydrogen-bond acceptors (Lipinski definition) is 5. The Hall–Kier alpha value is -2.19. The molecule has 0 fully saturated rings. The van der Waals surface area contributed by atoms with E-state index in [4.69, 9.17) is 4.52 Å². The highest BCUT2D eigenvalue weighted by atomic mass is 32.2. The Kier molecular flexibility index (Phi) is 4.66. The molecule has 0 aliphatic carbocycles. The van der Waals surface area contributed by atoms with E-state index in [1.54, 1.807) is 23.1 Å². The molecule has 7 nitrogen and oxygen atoms in total. The molecule has 1 aromatic heterocycles. The van der Waals surface area contributed by atoms with Gasteiger partial charge in [-0.15, -0.1) is 0 Å². The zero-order valence-corrected chi connectivity index (χ0v) is 15.3. The summed E-state index contributed by atoms with van der Waals surface area (Å²) < 4.78 is 32.7. The van der Waals surface area contributed by atoms with Crippen LogP contribution in [0.2, 0.25) is 0 Å². The lowest BCUT2D eigenvalue weighted by Gasteiger charge is -2.20. The van der Waals surface area contributed by atoms with Crippen LogP contribution in [-0.4, -0.2) is 25.5 Å². The van der Waals surface area contributed by atoms with E-state index >= 15 is 0 Å². The van der Waals surface area contributed by atoms with E-state index in [1.165, 1.54) is 13.0 Å². The predicted molar refractivity (Wildman–Crippen MR) is 92.7 cm³/mol. The van der Waals surface area contributed by atoms with Crippen LogP contribution in [-0.2, 0) is 34.2 Å². The Balaban J connectivity index is 1.79. The number of anilines is 1. The SMILES string of the molecule is CCc1cc(CNS(=O)(=O)c2ccc3c(c2)CC(C)N3C(C)=O)on1. The largest absolute Gasteiger partial charge is 0.360 e. The number of aryl methyl sites for hydroxylation is 1. The quantitative estimate of drug-likeness (QED) is 0.877. The Morgan fingerprint density at radius 3 is 2.80 bits per heavy atom. The second-order valence-corrected chi connectivity index (χ2v) is 7.96. The first-order valence-electron chi connectivity index (χ1n) is 8.18. The van der Waals surface area contributed by atoms with Gasteiger partial charge in [-0.25, -0.2) is 13.1 Å². The van der Waals surface area contributed by atoms with Crippen molar-refractivity contribution in [3.63, 3.8) is 0 Å². The summed E-state index contributed by atoms with van der Waals surface area (Å²) in [6.45, 7) is 5.45. The third-order valence-electron chi connectivity index (χ3n) is 4.32. The topological polar surface area (TPSA) is 92.5 Å². The number of benzene rings is 1. The van der Waals surface area contributed by atoms with Crippen molar-refractivity contribution in [2.24, 2.45) is 0 Å². The molecule has 1 amide bonds. The Morgan fingerprint density at radius 1 is 1.40 bits per heavy atom. The molecular weight excluding hydrogens is 342 g/mol. The number of amides is 1. The summed E-state index contributed by atoms with van der Waals surface area (Å²) in [5.74, 6) is 0.426. The summed E-state index contributed by atoms with van der Waals surface area (Å²) in [6.07, 6.45) is 1.37. The van der Waals surface area contributed by atoms with Crippen LogP contribution in [0.4, 0.5) is 5.69 Å².